The molecule has 3 rings (SSSR count). The molecular formula is C17H16ClN3O2. The van der Waals surface area contributed by atoms with E-state index in [0.717, 1.165) is 28.5 Å². The van der Waals surface area contributed by atoms with Crippen LogP contribution in [0, 0.1) is 0 Å². The normalized spacial score (nSPS) is 11.1. The Morgan fingerprint density at radius 2 is 1.87 bits per heavy atom. The molecule has 0 radical (unpaired) electrons. The highest BCUT2D eigenvalue weighted by Crippen LogP contribution is 2.29. The lowest BCUT2D eigenvalue weighted by molar-refractivity contribution is 0.415. The fourth-order valence-corrected chi connectivity index (χ4v) is 2.42. The Hall–Kier alpha value is -2.66. The number of methoxy groups -OCH3 is 2. The predicted molar refractivity (Wildman–Crippen MR) is 92.4 cm³/mol. The van der Waals surface area contributed by atoms with Crippen molar-refractivity contribution >= 4 is 23.5 Å². The Morgan fingerprint density at radius 1 is 1.04 bits per heavy atom. The van der Waals surface area contributed by atoms with Gasteiger partial charge in [0.25, 0.3) is 0 Å². The van der Waals surface area contributed by atoms with E-state index >= 15 is 0 Å². The average molecular weight is 330 g/mol. The molecule has 1 aromatic carbocycles. The lowest BCUT2D eigenvalue weighted by Crippen LogP contribution is -1.88. The van der Waals surface area contributed by atoms with Gasteiger partial charge in [-0.25, -0.2) is 0 Å². The van der Waals surface area contributed by atoms with Crippen molar-refractivity contribution in [2.45, 2.75) is 0 Å². The number of rotatable bonds is 5. The van der Waals surface area contributed by atoms with Gasteiger partial charge >= 0.3 is 0 Å². The molecule has 5 nitrogen and oxygen atoms in total. The number of aliphatic imine (C=N–C) groups is 1. The molecule has 118 valence electrons. The number of benzene rings is 1. The molecule has 0 aliphatic carbocycles. The number of hydrogen-bond acceptors (Lipinski definition) is 3. The fraction of sp³-hybridized carbons (Fsp3) is 0.118. The molecule has 0 aliphatic heterocycles. The number of aromatic nitrogens is 2. The van der Waals surface area contributed by atoms with Gasteiger partial charge in [0.05, 0.1) is 48.2 Å². The maximum atomic E-state index is 6.02. The maximum absolute atomic E-state index is 6.02. The first-order chi connectivity index (χ1) is 11.2. The van der Waals surface area contributed by atoms with E-state index in [0.29, 0.717) is 10.8 Å². The summed E-state index contributed by atoms with van der Waals surface area (Å²) in [6.45, 7) is 0. The van der Waals surface area contributed by atoms with Gasteiger partial charge in [0.2, 0.25) is 0 Å². The maximum Gasteiger partial charge on any atom is 0.146 e. The highest BCUT2D eigenvalue weighted by molar-refractivity contribution is 6.32. The average Bonchev–Trinajstić information content (AvgIpc) is 3.23. The second-order valence-corrected chi connectivity index (χ2v) is 5.23. The van der Waals surface area contributed by atoms with Crippen LogP contribution in [0.1, 0.15) is 5.69 Å². The summed E-state index contributed by atoms with van der Waals surface area (Å²) in [7, 11) is 3.20. The molecule has 0 atom stereocenters. The SMILES string of the molecule is COc1cc(N=Cc2[nH]c(-c3ccc[nH]3)cc2OC)ccc1Cl. The van der Waals surface area contributed by atoms with E-state index in [1.54, 1.807) is 32.6 Å². The van der Waals surface area contributed by atoms with E-state index in [4.69, 9.17) is 21.1 Å². The first kappa shape index (κ1) is 15.2. The summed E-state index contributed by atoms with van der Waals surface area (Å²) in [5.41, 5.74) is 3.44. The predicted octanol–water partition coefficient (Wildman–Crippen LogP) is 4.43. The summed E-state index contributed by atoms with van der Waals surface area (Å²) in [6.07, 6.45) is 3.59. The Labute approximate surface area is 138 Å². The molecule has 2 N–H and O–H groups in total. The van der Waals surface area contributed by atoms with Crippen LogP contribution in [-0.4, -0.2) is 30.4 Å². The van der Waals surface area contributed by atoms with Crippen molar-refractivity contribution in [1.82, 2.24) is 9.97 Å². The summed E-state index contributed by atoms with van der Waals surface area (Å²) in [5, 5.41) is 0.554. The Morgan fingerprint density at radius 3 is 2.57 bits per heavy atom. The summed E-state index contributed by atoms with van der Waals surface area (Å²) in [5.74, 6) is 1.31. The highest BCUT2D eigenvalue weighted by Gasteiger charge is 2.09. The van der Waals surface area contributed by atoms with Crippen molar-refractivity contribution in [3.63, 3.8) is 0 Å². The first-order valence-corrected chi connectivity index (χ1v) is 7.37. The third kappa shape index (κ3) is 3.24. The van der Waals surface area contributed by atoms with Crippen LogP contribution in [-0.2, 0) is 0 Å². The summed E-state index contributed by atoms with van der Waals surface area (Å²) < 4.78 is 10.6. The van der Waals surface area contributed by atoms with Gasteiger partial charge in [0.15, 0.2) is 0 Å². The van der Waals surface area contributed by atoms with Crippen molar-refractivity contribution in [3.05, 3.63) is 53.3 Å². The van der Waals surface area contributed by atoms with Crippen LogP contribution in [0.4, 0.5) is 5.69 Å². The lowest BCUT2D eigenvalue weighted by Gasteiger charge is -2.03. The van der Waals surface area contributed by atoms with Crippen molar-refractivity contribution in [3.8, 4) is 22.9 Å². The van der Waals surface area contributed by atoms with Crippen LogP contribution in [0.15, 0.2) is 47.6 Å². The molecule has 0 aliphatic rings. The van der Waals surface area contributed by atoms with Crippen molar-refractivity contribution < 1.29 is 9.47 Å². The third-order valence-corrected chi connectivity index (χ3v) is 3.71. The van der Waals surface area contributed by atoms with Crippen LogP contribution in [0.5, 0.6) is 11.5 Å². The molecule has 3 aromatic rings. The second-order valence-electron chi connectivity index (χ2n) is 4.83. The van der Waals surface area contributed by atoms with Crippen LogP contribution in [0.25, 0.3) is 11.4 Å². The molecule has 0 spiro atoms. The largest absolute Gasteiger partial charge is 0.495 e. The quantitative estimate of drug-likeness (QED) is 0.680. The zero-order valence-corrected chi connectivity index (χ0v) is 13.5. The lowest BCUT2D eigenvalue weighted by atomic mass is 10.3. The van der Waals surface area contributed by atoms with Crippen molar-refractivity contribution in [1.29, 1.82) is 0 Å². The van der Waals surface area contributed by atoms with Gasteiger partial charge in [-0.05, 0) is 24.3 Å². The van der Waals surface area contributed by atoms with Gasteiger partial charge < -0.3 is 19.4 Å². The minimum Gasteiger partial charge on any atom is -0.495 e. The van der Waals surface area contributed by atoms with Gasteiger partial charge in [0, 0.05) is 18.3 Å². The van der Waals surface area contributed by atoms with E-state index in [2.05, 4.69) is 15.0 Å². The molecular weight excluding hydrogens is 314 g/mol. The molecule has 6 heteroatoms. The van der Waals surface area contributed by atoms with Gasteiger partial charge in [-0.2, -0.15) is 0 Å². The molecule has 23 heavy (non-hydrogen) atoms. The minimum absolute atomic E-state index is 0.554. The molecule has 0 fully saturated rings. The monoisotopic (exact) mass is 329 g/mol. The van der Waals surface area contributed by atoms with E-state index in [1.807, 2.05) is 30.5 Å². The zero-order valence-electron chi connectivity index (χ0n) is 12.8. The van der Waals surface area contributed by atoms with Crippen LogP contribution < -0.4 is 9.47 Å². The topological polar surface area (TPSA) is 62.4 Å². The van der Waals surface area contributed by atoms with Crippen molar-refractivity contribution in [2.75, 3.05) is 14.2 Å². The smallest absolute Gasteiger partial charge is 0.146 e. The first-order valence-electron chi connectivity index (χ1n) is 6.99. The van der Waals surface area contributed by atoms with Crippen LogP contribution in [0.3, 0.4) is 0 Å². The zero-order chi connectivity index (χ0) is 16.2. The molecule has 0 amide bonds. The Bertz CT molecular complexity index is 822. The summed E-state index contributed by atoms with van der Waals surface area (Å²) >= 11 is 6.02. The van der Waals surface area contributed by atoms with E-state index in [-0.39, 0.29) is 0 Å². The molecule has 0 bridgehead atoms. The number of H-pyrrole nitrogens is 2. The van der Waals surface area contributed by atoms with Gasteiger partial charge in [-0.1, -0.05) is 11.6 Å². The summed E-state index contributed by atoms with van der Waals surface area (Å²) in [4.78, 5) is 10.9. The van der Waals surface area contributed by atoms with Crippen LogP contribution >= 0.6 is 11.6 Å². The van der Waals surface area contributed by atoms with Gasteiger partial charge in [-0.15, -0.1) is 0 Å². The number of hydrogen-bond donors (Lipinski definition) is 2. The van der Waals surface area contributed by atoms with Crippen molar-refractivity contribution in [2.24, 2.45) is 4.99 Å². The standard InChI is InChI=1S/C17H16ClN3O2/c1-22-16-8-11(5-6-12(16)18)20-10-15-17(23-2)9-14(21-15)13-4-3-7-19-13/h3-10,19,21H,1-2H3. The minimum atomic E-state index is 0.554. The molecule has 0 saturated heterocycles. The van der Waals surface area contributed by atoms with E-state index in [1.165, 1.54) is 0 Å². The number of nitrogens with zero attached hydrogens (tertiary/aromatic N) is 1. The number of halogens is 1. The van der Waals surface area contributed by atoms with Gasteiger partial charge in [-0.3, -0.25) is 4.99 Å². The third-order valence-electron chi connectivity index (χ3n) is 3.40. The fourth-order valence-electron chi connectivity index (χ4n) is 2.23. The number of nitrogens with one attached hydrogen (secondary N) is 2. The van der Waals surface area contributed by atoms with Crippen LogP contribution in [0.2, 0.25) is 5.02 Å². The summed E-state index contributed by atoms with van der Waals surface area (Å²) in [6, 6.07) is 11.2. The molecule has 0 saturated carbocycles. The second kappa shape index (κ2) is 6.62. The number of aromatic amines is 2. The Kier molecular flexibility index (Phi) is 4.39. The van der Waals surface area contributed by atoms with E-state index in [9.17, 15) is 0 Å². The number of ether oxygens (including phenoxy) is 2. The Balaban J connectivity index is 1.90. The highest BCUT2D eigenvalue weighted by atomic mass is 35.5. The molecule has 2 heterocycles. The molecule has 2 aromatic heterocycles. The van der Waals surface area contributed by atoms with E-state index < -0.39 is 0 Å². The van der Waals surface area contributed by atoms with Gasteiger partial charge in [0.1, 0.15) is 11.5 Å². The molecule has 0 unspecified atom stereocenters.